The number of benzene rings is 1. The average molecular weight is 432 g/mol. The van der Waals surface area contributed by atoms with Crippen LogP contribution in [0.5, 0.6) is 0 Å². The van der Waals surface area contributed by atoms with Crippen LogP contribution in [0, 0.1) is 13.8 Å². The van der Waals surface area contributed by atoms with Crippen LogP contribution in [-0.4, -0.2) is 60.4 Å². The Morgan fingerprint density at radius 2 is 2.07 bits per heavy atom. The predicted octanol–water partition coefficient (Wildman–Crippen LogP) is 1.54. The second kappa shape index (κ2) is 10.4. The van der Waals surface area contributed by atoms with Gasteiger partial charge in [0.25, 0.3) is 5.56 Å². The normalized spacial score (nSPS) is 15.9. The summed E-state index contributed by atoms with van der Waals surface area (Å²) in [5.74, 6) is 0. The molecule has 0 bridgehead atoms. The van der Waals surface area contributed by atoms with Crippen LogP contribution in [0.25, 0.3) is 10.9 Å². The Hall–Kier alpha value is -1.96. The SMILES string of the molecule is CC[C@@H](C)NC(=S)N(CC[NH+]1CCOCC1)Cc1cc2ccc(C)c(C)c2[nH]c1=O. The van der Waals surface area contributed by atoms with Crippen LogP contribution in [0.4, 0.5) is 0 Å². The van der Waals surface area contributed by atoms with E-state index in [0.29, 0.717) is 12.6 Å². The largest absolute Gasteiger partial charge is 0.370 e. The lowest BCUT2D eigenvalue weighted by Gasteiger charge is -2.30. The molecule has 1 aliphatic rings. The third kappa shape index (κ3) is 5.59. The zero-order valence-electron chi connectivity index (χ0n) is 18.6. The molecule has 0 radical (unpaired) electrons. The molecule has 0 saturated carbocycles. The van der Waals surface area contributed by atoms with E-state index in [-0.39, 0.29) is 5.56 Å². The first kappa shape index (κ1) is 22.7. The standard InChI is InChI=1S/C23H34N4O2S/c1-5-17(3)24-23(30)27(9-8-26-10-12-29-13-11-26)15-20-14-19-7-6-16(2)18(4)21(19)25-22(20)28/h6-7,14,17H,5,8-13,15H2,1-4H3,(H,24,30)(H,25,28)/p+1/t17-/m1/s1. The van der Waals surface area contributed by atoms with Crippen LogP contribution in [-0.2, 0) is 11.3 Å². The van der Waals surface area contributed by atoms with E-state index in [1.807, 2.05) is 6.07 Å². The van der Waals surface area contributed by atoms with Crippen molar-refractivity contribution < 1.29 is 9.64 Å². The number of hydrogen-bond donors (Lipinski definition) is 3. The molecule has 0 spiro atoms. The molecule has 7 heteroatoms. The third-order valence-corrected chi connectivity index (χ3v) is 6.57. The minimum Gasteiger partial charge on any atom is -0.370 e. The van der Waals surface area contributed by atoms with Crippen molar-refractivity contribution in [3.8, 4) is 0 Å². The fourth-order valence-corrected chi connectivity index (χ4v) is 4.11. The minimum absolute atomic E-state index is 0.0359. The lowest BCUT2D eigenvalue weighted by Crippen LogP contribution is -3.14. The summed E-state index contributed by atoms with van der Waals surface area (Å²) in [4.78, 5) is 19.6. The predicted molar refractivity (Wildman–Crippen MR) is 126 cm³/mol. The lowest BCUT2D eigenvalue weighted by molar-refractivity contribution is -0.907. The highest BCUT2D eigenvalue weighted by Gasteiger charge is 2.19. The maximum absolute atomic E-state index is 12.9. The van der Waals surface area contributed by atoms with Crippen molar-refractivity contribution in [3.05, 3.63) is 45.2 Å². The molecular weight excluding hydrogens is 396 g/mol. The van der Waals surface area contributed by atoms with Gasteiger partial charge < -0.3 is 24.8 Å². The van der Waals surface area contributed by atoms with Crippen molar-refractivity contribution in [1.82, 2.24) is 15.2 Å². The molecule has 1 aliphatic heterocycles. The van der Waals surface area contributed by atoms with Gasteiger partial charge in [0.2, 0.25) is 0 Å². The number of H-pyrrole nitrogens is 1. The van der Waals surface area contributed by atoms with E-state index >= 15 is 0 Å². The summed E-state index contributed by atoms with van der Waals surface area (Å²) in [5, 5.41) is 5.20. The monoisotopic (exact) mass is 431 g/mol. The Bertz CT molecular complexity index is 937. The molecule has 6 nitrogen and oxygen atoms in total. The van der Waals surface area contributed by atoms with Gasteiger partial charge in [0.05, 0.1) is 38.4 Å². The molecule has 1 aromatic heterocycles. The Balaban J connectivity index is 1.81. The fraction of sp³-hybridized carbons (Fsp3) is 0.565. The molecule has 0 amide bonds. The van der Waals surface area contributed by atoms with E-state index in [9.17, 15) is 4.79 Å². The van der Waals surface area contributed by atoms with Crippen molar-refractivity contribution in [1.29, 1.82) is 0 Å². The third-order valence-electron chi connectivity index (χ3n) is 6.19. The number of fused-ring (bicyclic) bond motifs is 1. The van der Waals surface area contributed by atoms with Gasteiger partial charge in [-0.1, -0.05) is 19.1 Å². The summed E-state index contributed by atoms with van der Waals surface area (Å²) in [6, 6.07) is 6.50. The number of aryl methyl sites for hydroxylation is 2. The van der Waals surface area contributed by atoms with E-state index < -0.39 is 0 Å². The zero-order chi connectivity index (χ0) is 21.7. The Kier molecular flexibility index (Phi) is 7.86. The van der Waals surface area contributed by atoms with Gasteiger partial charge >= 0.3 is 0 Å². The lowest BCUT2D eigenvalue weighted by atomic mass is 10.0. The summed E-state index contributed by atoms with van der Waals surface area (Å²) in [5.41, 5.74) is 3.94. The molecule has 164 valence electrons. The van der Waals surface area contributed by atoms with Crippen LogP contribution in [0.15, 0.2) is 23.0 Å². The molecular formula is C23H35N4O2S+. The van der Waals surface area contributed by atoms with E-state index in [2.05, 4.69) is 55.0 Å². The first-order chi connectivity index (χ1) is 14.4. The Labute approximate surface area is 184 Å². The quantitative estimate of drug-likeness (QED) is 0.581. The Morgan fingerprint density at radius 3 is 2.77 bits per heavy atom. The summed E-state index contributed by atoms with van der Waals surface area (Å²) >= 11 is 5.73. The van der Waals surface area contributed by atoms with E-state index in [1.54, 1.807) is 0 Å². The Morgan fingerprint density at radius 1 is 1.33 bits per heavy atom. The van der Waals surface area contributed by atoms with Gasteiger partial charge in [-0.25, -0.2) is 0 Å². The first-order valence-corrected chi connectivity index (χ1v) is 11.4. The number of nitrogens with one attached hydrogen (secondary N) is 3. The summed E-state index contributed by atoms with van der Waals surface area (Å²) < 4.78 is 5.47. The van der Waals surface area contributed by atoms with E-state index in [4.69, 9.17) is 17.0 Å². The molecule has 2 aromatic rings. The zero-order valence-corrected chi connectivity index (χ0v) is 19.5. The summed E-state index contributed by atoms with van der Waals surface area (Å²) in [6.45, 7) is 14.4. The molecule has 2 heterocycles. The highest BCUT2D eigenvalue weighted by Crippen LogP contribution is 2.19. The van der Waals surface area contributed by atoms with E-state index in [0.717, 1.165) is 73.0 Å². The number of nitrogens with zero attached hydrogens (tertiary/aromatic N) is 1. The molecule has 1 aromatic carbocycles. The topological polar surface area (TPSA) is 61.8 Å². The number of aromatic amines is 1. The molecule has 1 fully saturated rings. The molecule has 3 rings (SSSR count). The maximum atomic E-state index is 12.9. The van der Waals surface area contributed by atoms with Crippen LogP contribution >= 0.6 is 12.2 Å². The minimum atomic E-state index is -0.0359. The second-order valence-corrected chi connectivity index (χ2v) is 8.77. The fourth-order valence-electron chi connectivity index (χ4n) is 3.75. The summed E-state index contributed by atoms with van der Waals surface area (Å²) in [6.07, 6.45) is 0.998. The number of rotatable bonds is 7. The molecule has 30 heavy (non-hydrogen) atoms. The maximum Gasteiger partial charge on any atom is 0.253 e. The average Bonchev–Trinajstić information content (AvgIpc) is 2.75. The second-order valence-electron chi connectivity index (χ2n) is 8.39. The van der Waals surface area contributed by atoms with Gasteiger partial charge in [0, 0.05) is 11.6 Å². The van der Waals surface area contributed by atoms with Crippen LogP contribution < -0.4 is 15.8 Å². The van der Waals surface area contributed by atoms with Crippen molar-refractivity contribution in [3.63, 3.8) is 0 Å². The van der Waals surface area contributed by atoms with Crippen molar-refractivity contribution in [2.24, 2.45) is 0 Å². The summed E-state index contributed by atoms with van der Waals surface area (Å²) in [7, 11) is 0. The van der Waals surface area contributed by atoms with Crippen molar-refractivity contribution in [2.45, 2.75) is 46.7 Å². The van der Waals surface area contributed by atoms with Gasteiger partial charge in [-0.3, -0.25) is 4.79 Å². The highest BCUT2D eigenvalue weighted by molar-refractivity contribution is 7.80. The van der Waals surface area contributed by atoms with Crippen molar-refractivity contribution >= 4 is 28.2 Å². The highest BCUT2D eigenvalue weighted by atomic mass is 32.1. The molecule has 0 aliphatic carbocycles. The van der Waals surface area contributed by atoms with Crippen molar-refractivity contribution in [2.75, 3.05) is 39.4 Å². The first-order valence-electron chi connectivity index (χ1n) is 11.0. The smallest absolute Gasteiger partial charge is 0.253 e. The van der Waals surface area contributed by atoms with Gasteiger partial charge in [-0.05, 0) is 62.0 Å². The van der Waals surface area contributed by atoms with Crippen LogP contribution in [0.1, 0.15) is 37.0 Å². The van der Waals surface area contributed by atoms with Gasteiger partial charge in [-0.15, -0.1) is 0 Å². The number of quaternary nitrogens is 1. The van der Waals surface area contributed by atoms with E-state index in [1.165, 1.54) is 10.5 Å². The van der Waals surface area contributed by atoms with Gasteiger partial charge in [0.1, 0.15) is 13.1 Å². The molecule has 0 unspecified atom stereocenters. The number of pyridine rings is 1. The number of hydrogen-bond acceptors (Lipinski definition) is 3. The molecule has 1 saturated heterocycles. The number of thiocarbonyl (C=S) groups is 1. The van der Waals surface area contributed by atoms with Crippen LogP contribution in [0.3, 0.4) is 0 Å². The number of ether oxygens (including phenoxy) is 1. The van der Waals surface area contributed by atoms with Gasteiger partial charge in [-0.2, -0.15) is 0 Å². The molecule has 1 atom stereocenters. The number of aromatic nitrogens is 1. The number of morpholine rings is 1. The molecule has 3 N–H and O–H groups in total. The van der Waals surface area contributed by atoms with Gasteiger partial charge in [0.15, 0.2) is 5.11 Å². The van der Waals surface area contributed by atoms with Crippen LogP contribution in [0.2, 0.25) is 0 Å².